The highest BCUT2D eigenvalue weighted by molar-refractivity contribution is 6.31. The number of rotatable bonds is 5. The minimum absolute atomic E-state index is 0.0823. The number of carbonyl (C=O) groups excluding carboxylic acids is 1. The monoisotopic (exact) mass is 304 g/mol. The molecule has 0 saturated carbocycles. The molecule has 0 fully saturated rings. The summed E-state index contributed by atoms with van der Waals surface area (Å²) >= 11 is 6.08. The van der Waals surface area contributed by atoms with E-state index >= 15 is 0 Å². The average molecular weight is 305 g/mol. The Morgan fingerprint density at radius 2 is 1.81 bits per heavy atom. The van der Waals surface area contributed by atoms with Crippen LogP contribution in [0.2, 0.25) is 5.02 Å². The molecular formula is C15H17ClN4O. The molecule has 2 aromatic rings. The number of nitrogens with one attached hydrogen (secondary N) is 2. The van der Waals surface area contributed by atoms with Crippen LogP contribution in [0.4, 0.5) is 11.6 Å². The topological polar surface area (TPSA) is 66.9 Å². The molecule has 110 valence electrons. The second-order valence-corrected chi connectivity index (χ2v) is 5.30. The van der Waals surface area contributed by atoms with Gasteiger partial charge in [0, 0.05) is 17.5 Å². The van der Waals surface area contributed by atoms with E-state index in [0.29, 0.717) is 23.2 Å². The number of hydrogen-bond donors (Lipinski definition) is 2. The molecule has 0 aliphatic carbocycles. The maximum Gasteiger partial charge on any atom is 0.228 e. The van der Waals surface area contributed by atoms with Crippen molar-refractivity contribution in [3.05, 3.63) is 47.0 Å². The molecule has 0 bridgehead atoms. The second kappa shape index (κ2) is 7.04. The number of anilines is 2. The van der Waals surface area contributed by atoms with Gasteiger partial charge in [-0.25, -0.2) is 0 Å². The maximum absolute atomic E-state index is 11.5. The summed E-state index contributed by atoms with van der Waals surface area (Å²) in [6.45, 7) is 4.20. The summed E-state index contributed by atoms with van der Waals surface area (Å²) in [4.78, 5) is 11.5. The van der Waals surface area contributed by atoms with E-state index in [1.165, 1.54) is 0 Å². The highest BCUT2D eigenvalue weighted by atomic mass is 35.5. The largest absolute Gasteiger partial charge is 0.364 e. The molecule has 5 nitrogen and oxygen atoms in total. The van der Waals surface area contributed by atoms with Gasteiger partial charge in [0.25, 0.3) is 0 Å². The van der Waals surface area contributed by atoms with E-state index in [1.807, 2.05) is 38.1 Å². The van der Waals surface area contributed by atoms with Crippen LogP contribution in [0.25, 0.3) is 0 Å². The van der Waals surface area contributed by atoms with Crippen molar-refractivity contribution in [3.63, 3.8) is 0 Å². The molecule has 6 heteroatoms. The maximum atomic E-state index is 11.5. The summed E-state index contributed by atoms with van der Waals surface area (Å²) in [5, 5.41) is 14.5. The zero-order valence-electron chi connectivity index (χ0n) is 11.9. The summed E-state index contributed by atoms with van der Waals surface area (Å²) < 4.78 is 0. The fourth-order valence-electron chi connectivity index (χ4n) is 1.59. The van der Waals surface area contributed by atoms with Crippen LogP contribution < -0.4 is 10.6 Å². The molecule has 0 spiro atoms. The quantitative estimate of drug-likeness (QED) is 0.889. The Labute approximate surface area is 128 Å². The van der Waals surface area contributed by atoms with Crippen LogP contribution >= 0.6 is 11.6 Å². The minimum atomic E-state index is -0.0928. The highest BCUT2D eigenvalue weighted by Gasteiger charge is 2.08. The third-order valence-electron chi connectivity index (χ3n) is 2.86. The van der Waals surface area contributed by atoms with Gasteiger partial charge in [-0.05, 0) is 23.8 Å². The van der Waals surface area contributed by atoms with E-state index in [4.69, 9.17) is 11.6 Å². The first-order valence-electron chi connectivity index (χ1n) is 6.68. The minimum Gasteiger partial charge on any atom is -0.364 e. The Bertz CT molecular complexity index is 613. The van der Waals surface area contributed by atoms with Crippen LogP contribution in [0.15, 0.2) is 36.4 Å². The van der Waals surface area contributed by atoms with Gasteiger partial charge in [0.05, 0.1) is 0 Å². The number of nitrogens with zero attached hydrogens (tertiary/aromatic N) is 2. The fourth-order valence-corrected chi connectivity index (χ4v) is 1.79. The molecule has 1 aromatic heterocycles. The molecule has 0 unspecified atom stereocenters. The van der Waals surface area contributed by atoms with E-state index in [-0.39, 0.29) is 11.8 Å². The van der Waals surface area contributed by atoms with Crippen molar-refractivity contribution in [1.82, 2.24) is 10.2 Å². The number of amides is 1. The third kappa shape index (κ3) is 4.43. The molecule has 21 heavy (non-hydrogen) atoms. The second-order valence-electron chi connectivity index (χ2n) is 4.89. The predicted molar refractivity (Wildman–Crippen MR) is 84.3 cm³/mol. The van der Waals surface area contributed by atoms with Gasteiger partial charge < -0.3 is 10.6 Å². The van der Waals surface area contributed by atoms with Crippen LogP contribution in [-0.2, 0) is 11.3 Å². The van der Waals surface area contributed by atoms with Crippen molar-refractivity contribution in [2.45, 2.75) is 20.4 Å². The molecule has 2 rings (SSSR count). The molecule has 0 aliphatic rings. The van der Waals surface area contributed by atoms with E-state index in [1.54, 1.807) is 12.1 Å². The number of aromatic nitrogens is 2. The summed E-state index contributed by atoms with van der Waals surface area (Å²) in [6.07, 6.45) is 0. The van der Waals surface area contributed by atoms with Crippen molar-refractivity contribution in [3.8, 4) is 0 Å². The Hall–Kier alpha value is -2.14. The lowest BCUT2D eigenvalue weighted by Gasteiger charge is -2.08. The zero-order valence-corrected chi connectivity index (χ0v) is 12.7. The van der Waals surface area contributed by atoms with Crippen LogP contribution in [0, 0.1) is 5.92 Å². The summed E-state index contributed by atoms with van der Waals surface area (Å²) in [5.41, 5.74) is 0.984. The molecule has 0 radical (unpaired) electrons. The molecule has 2 N–H and O–H groups in total. The SMILES string of the molecule is CC(C)C(=O)Nc1ccc(NCc2ccccc2Cl)nn1. The van der Waals surface area contributed by atoms with Gasteiger partial charge in [-0.15, -0.1) is 10.2 Å². The van der Waals surface area contributed by atoms with Crippen molar-refractivity contribution in [2.24, 2.45) is 5.92 Å². The first kappa shape index (κ1) is 15.3. The lowest BCUT2D eigenvalue weighted by Crippen LogP contribution is -2.18. The van der Waals surface area contributed by atoms with Gasteiger partial charge in [-0.3, -0.25) is 4.79 Å². The van der Waals surface area contributed by atoms with E-state index in [9.17, 15) is 4.79 Å². The smallest absolute Gasteiger partial charge is 0.228 e. The molecule has 1 aromatic carbocycles. The summed E-state index contributed by atoms with van der Waals surface area (Å²) in [7, 11) is 0. The van der Waals surface area contributed by atoms with Crippen molar-refractivity contribution in [1.29, 1.82) is 0 Å². The number of carbonyl (C=O) groups is 1. The molecule has 0 atom stereocenters. The first-order chi connectivity index (χ1) is 10.1. The summed E-state index contributed by atoms with van der Waals surface area (Å²) in [6, 6.07) is 11.1. The van der Waals surface area contributed by atoms with Gasteiger partial charge in [-0.1, -0.05) is 43.6 Å². The first-order valence-corrected chi connectivity index (χ1v) is 7.06. The lowest BCUT2D eigenvalue weighted by atomic mass is 10.2. The van der Waals surface area contributed by atoms with Crippen molar-refractivity contribution in [2.75, 3.05) is 10.6 Å². The predicted octanol–water partition coefficient (Wildman–Crippen LogP) is 3.34. The van der Waals surface area contributed by atoms with E-state index in [0.717, 1.165) is 5.56 Å². The van der Waals surface area contributed by atoms with Gasteiger partial charge in [0.15, 0.2) is 5.82 Å². The molecule has 0 saturated heterocycles. The number of hydrogen-bond acceptors (Lipinski definition) is 4. The van der Waals surface area contributed by atoms with Crippen LogP contribution in [-0.4, -0.2) is 16.1 Å². The van der Waals surface area contributed by atoms with Crippen LogP contribution in [0.5, 0.6) is 0 Å². The molecular weight excluding hydrogens is 288 g/mol. The highest BCUT2D eigenvalue weighted by Crippen LogP contribution is 2.16. The molecule has 1 amide bonds. The number of benzene rings is 1. The standard InChI is InChI=1S/C15H17ClN4O/c1-10(2)15(21)18-14-8-7-13(19-20-14)17-9-11-5-3-4-6-12(11)16/h3-8,10H,9H2,1-2H3,(H,17,19)(H,18,20,21). The number of halogens is 1. The molecule has 0 aliphatic heterocycles. The van der Waals surface area contributed by atoms with E-state index in [2.05, 4.69) is 20.8 Å². The Morgan fingerprint density at radius 3 is 2.43 bits per heavy atom. The Balaban J connectivity index is 1.94. The molecule has 1 heterocycles. The van der Waals surface area contributed by atoms with Gasteiger partial charge in [0.1, 0.15) is 5.82 Å². The fraction of sp³-hybridized carbons (Fsp3) is 0.267. The van der Waals surface area contributed by atoms with Gasteiger partial charge >= 0.3 is 0 Å². The van der Waals surface area contributed by atoms with Crippen molar-refractivity contribution < 1.29 is 4.79 Å². The third-order valence-corrected chi connectivity index (χ3v) is 3.23. The Morgan fingerprint density at radius 1 is 1.14 bits per heavy atom. The zero-order chi connectivity index (χ0) is 15.2. The van der Waals surface area contributed by atoms with Crippen LogP contribution in [0.3, 0.4) is 0 Å². The average Bonchev–Trinajstić information content (AvgIpc) is 2.48. The normalized spacial score (nSPS) is 10.5. The lowest BCUT2D eigenvalue weighted by molar-refractivity contribution is -0.118. The summed E-state index contributed by atoms with van der Waals surface area (Å²) in [5.74, 6) is 0.889. The van der Waals surface area contributed by atoms with Crippen molar-refractivity contribution >= 4 is 29.1 Å². The van der Waals surface area contributed by atoms with Crippen LogP contribution in [0.1, 0.15) is 19.4 Å². The van der Waals surface area contributed by atoms with E-state index < -0.39 is 0 Å². The Kier molecular flexibility index (Phi) is 5.11. The van der Waals surface area contributed by atoms with Gasteiger partial charge in [-0.2, -0.15) is 0 Å². The van der Waals surface area contributed by atoms with Gasteiger partial charge in [0.2, 0.25) is 5.91 Å².